The third-order valence-corrected chi connectivity index (χ3v) is 4.62. The number of allylic oxidation sites excluding steroid dienone is 1. The standard InChI is InChI=1S/C18H26N2/c1-12(2)15-9-10-16-17(11-15)19(5)18(14-7-6-8-14)20(16)13(3)4/h9-13H,6-8H2,1-5H3. The summed E-state index contributed by atoms with van der Waals surface area (Å²) in [4.78, 5) is 4.93. The van der Waals surface area contributed by atoms with Gasteiger partial charge in [-0.05, 0) is 62.3 Å². The van der Waals surface area contributed by atoms with E-state index in [2.05, 4.69) is 62.7 Å². The topological polar surface area (TPSA) is 6.48 Å². The lowest BCUT2D eigenvalue weighted by Gasteiger charge is -2.32. The predicted octanol–water partition coefficient (Wildman–Crippen LogP) is 4.87. The van der Waals surface area contributed by atoms with E-state index in [0.29, 0.717) is 12.0 Å². The van der Waals surface area contributed by atoms with Crippen molar-refractivity contribution in [1.82, 2.24) is 0 Å². The van der Waals surface area contributed by atoms with Crippen LogP contribution in [-0.2, 0) is 0 Å². The van der Waals surface area contributed by atoms with Gasteiger partial charge in [0.15, 0.2) is 0 Å². The van der Waals surface area contributed by atoms with Crippen LogP contribution in [0, 0.1) is 0 Å². The van der Waals surface area contributed by atoms with Gasteiger partial charge in [0.25, 0.3) is 0 Å². The SMILES string of the molecule is CC(C)c1ccc2c(c1)N(C)C(=C1CCC1)N2C(C)C. The van der Waals surface area contributed by atoms with E-state index in [9.17, 15) is 0 Å². The fraction of sp³-hybridized carbons (Fsp3) is 0.556. The molecule has 0 atom stereocenters. The average molecular weight is 270 g/mol. The first-order chi connectivity index (χ1) is 9.50. The van der Waals surface area contributed by atoms with E-state index in [0.717, 1.165) is 0 Å². The quantitative estimate of drug-likeness (QED) is 0.756. The van der Waals surface area contributed by atoms with Crippen LogP contribution >= 0.6 is 0 Å². The molecule has 20 heavy (non-hydrogen) atoms. The molecule has 1 aliphatic heterocycles. The largest absolute Gasteiger partial charge is 0.329 e. The summed E-state index contributed by atoms with van der Waals surface area (Å²) >= 11 is 0. The maximum absolute atomic E-state index is 2.52. The van der Waals surface area contributed by atoms with Crippen LogP contribution in [0.1, 0.15) is 58.4 Å². The van der Waals surface area contributed by atoms with Gasteiger partial charge in [-0.25, -0.2) is 0 Å². The van der Waals surface area contributed by atoms with Gasteiger partial charge in [-0.15, -0.1) is 0 Å². The minimum absolute atomic E-state index is 0.506. The van der Waals surface area contributed by atoms with Crippen LogP contribution in [0.2, 0.25) is 0 Å². The Balaban J connectivity index is 2.11. The Morgan fingerprint density at radius 3 is 2.20 bits per heavy atom. The van der Waals surface area contributed by atoms with Crippen molar-refractivity contribution in [2.75, 3.05) is 16.8 Å². The third-order valence-electron chi connectivity index (χ3n) is 4.62. The van der Waals surface area contributed by atoms with Crippen molar-refractivity contribution >= 4 is 11.4 Å². The van der Waals surface area contributed by atoms with E-state index in [-0.39, 0.29) is 0 Å². The lowest BCUT2D eigenvalue weighted by atomic mass is 9.91. The molecule has 0 unspecified atom stereocenters. The molecule has 1 aromatic carbocycles. The second kappa shape index (κ2) is 4.83. The first-order valence-electron chi connectivity index (χ1n) is 7.89. The van der Waals surface area contributed by atoms with Crippen LogP contribution in [0.15, 0.2) is 29.6 Å². The van der Waals surface area contributed by atoms with E-state index >= 15 is 0 Å². The van der Waals surface area contributed by atoms with E-state index < -0.39 is 0 Å². The van der Waals surface area contributed by atoms with Crippen molar-refractivity contribution in [1.29, 1.82) is 0 Å². The number of rotatable bonds is 2. The zero-order valence-corrected chi connectivity index (χ0v) is 13.4. The normalized spacial score (nSPS) is 18.1. The Morgan fingerprint density at radius 1 is 1.00 bits per heavy atom. The summed E-state index contributed by atoms with van der Waals surface area (Å²) in [6.07, 6.45) is 3.90. The molecule has 1 saturated carbocycles. The van der Waals surface area contributed by atoms with E-state index in [1.54, 1.807) is 5.57 Å². The van der Waals surface area contributed by atoms with Gasteiger partial charge < -0.3 is 9.80 Å². The molecule has 2 aliphatic rings. The maximum atomic E-state index is 2.52. The van der Waals surface area contributed by atoms with Gasteiger partial charge in [0, 0.05) is 13.1 Å². The van der Waals surface area contributed by atoms with Gasteiger partial charge in [0.05, 0.1) is 11.4 Å². The fourth-order valence-corrected chi connectivity index (χ4v) is 3.27. The molecule has 0 bridgehead atoms. The number of anilines is 2. The second-order valence-electron chi connectivity index (χ2n) is 6.71. The molecule has 0 N–H and O–H groups in total. The average Bonchev–Trinajstić information content (AvgIpc) is 2.61. The van der Waals surface area contributed by atoms with E-state index in [4.69, 9.17) is 0 Å². The molecule has 0 radical (unpaired) electrons. The first kappa shape index (κ1) is 13.5. The van der Waals surface area contributed by atoms with Crippen molar-refractivity contribution in [3.05, 3.63) is 35.2 Å². The molecule has 1 fully saturated rings. The number of hydrogen-bond acceptors (Lipinski definition) is 2. The lowest BCUT2D eigenvalue weighted by molar-refractivity contribution is 0.627. The molecule has 2 heteroatoms. The van der Waals surface area contributed by atoms with E-state index in [1.807, 2.05) is 0 Å². The van der Waals surface area contributed by atoms with Crippen molar-refractivity contribution in [2.24, 2.45) is 0 Å². The van der Waals surface area contributed by atoms with Crippen molar-refractivity contribution in [3.8, 4) is 0 Å². The fourth-order valence-electron chi connectivity index (χ4n) is 3.27. The molecule has 0 spiro atoms. The minimum atomic E-state index is 0.506. The molecule has 1 heterocycles. The van der Waals surface area contributed by atoms with Crippen LogP contribution in [-0.4, -0.2) is 13.1 Å². The highest BCUT2D eigenvalue weighted by Gasteiger charge is 2.34. The van der Waals surface area contributed by atoms with Crippen molar-refractivity contribution < 1.29 is 0 Å². The van der Waals surface area contributed by atoms with Gasteiger partial charge in [0.1, 0.15) is 5.82 Å². The van der Waals surface area contributed by atoms with Crippen LogP contribution < -0.4 is 9.80 Å². The summed E-state index contributed by atoms with van der Waals surface area (Å²) < 4.78 is 0. The zero-order valence-electron chi connectivity index (χ0n) is 13.4. The Hall–Kier alpha value is -1.44. The number of hydrogen-bond donors (Lipinski definition) is 0. The smallest absolute Gasteiger partial charge is 0.112 e. The Kier molecular flexibility index (Phi) is 3.27. The van der Waals surface area contributed by atoms with Crippen LogP contribution in [0.3, 0.4) is 0 Å². The second-order valence-corrected chi connectivity index (χ2v) is 6.71. The summed E-state index contributed by atoms with van der Waals surface area (Å²) in [5.74, 6) is 2.03. The molecule has 1 aliphatic carbocycles. The number of fused-ring (bicyclic) bond motifs is 1. The highest BCUT2D eigenvalue weighted by molar-refractivity contribution is 5.83. The molecule has 2 nitrogen and oxygen atoms in total. The van der Waals surface area contributed by atoms with Crippen LogP contribution in [0.4, 0.5) is 11.4 Å². The summed E-state index contributed by atoms with van der Waals surface area (Å²) in [5.41, 5.74) is 5.81. The molecule has 108 valence electrons. The van der Waals surface area contributed by atoms with Gasteiger partial charge in [-0.2, -0.15) is 0 Å². The van der Waals surface area contributed by atoms with Crippen molar-refractivity contribution in [2.45, 2.75) is 58.9 Å². The third kappa shape index (κ3) is 1.93. The molecule has 1 aromatic rings. The van der Waals surface area contributed by atoms with Gasteiger partial charge in [-0.3, -0.25) is 0 Å². The molecular formula is C18H26N2. The summed E-state index contributed by atoms with van der Waals surface area (Å²) in [5, 5.41) is 0. The van der Waals surface area contributed by atoms with Crippen molar-refractivity contribution in [3.63, 3.8) is 0 Å². The molecule has 0 amide bonds. The highest BCUT2D eigenvalue weighted by Crippen LogP contribution is 2.46. The van der Waals surface area contributed by atoms with E-state index in [1.165, 1.54) is 42.0 Å². The summed E-state index contributed by atoms with van der Waals surface area (Å²) in [6, 6.07) is 7.49. The Labute approximate surface area is 123 Å². The predicted molar refractivity (Wildman–Crippen MR) is 87.4 cm³/mol. The lowest BCUT2D eigenvalue weighted by Crippen LogP contribution is -2.34. The summed E-state index contributed by atoms with van der Waals surface area (Å²) in [7, 11) is 2.23. The Bertz CT molecular complexity index is 549. The monoisotopic (exact) mass is 270 g/mol. The molecule has 0 saturated heterocycles. The number of benzene rings is 1. The first-order valence-corrected chi connectivity index (χ1v) is 7.89. The summed E-state index contributed by atoms with van der Waals surface area (Å²) in [6.45, 7) is 9.11. The van der Waals surface area contributed by atoms with Crippen LogP contribution in [0.5, 0.6) is 0 Å². The number of nitrogens with zero attached hydrogens (tertiary/aromatic N) is 2. The minimum Gasteiger partial charge on any atom is -0.329 e. The molecular weight excluding hydrogens is 244 g/mol. The van der Waals surface area contributed by atoms with Gasteiger partial charge >= 0.3 is 0 Å². The Morgan fingerprint density at radius 2 is 1.70 bits per heavy atom. The molecule has 0 aromatic heterocycles. The highest BCUT2D eigenvalue weighted by atomic mass is 15.4. The van der Waals surface area contributed by atoms with Gasteiger partial charge in [-0.1, -0.05) is 19.9 Å². The molecule has 3 rings (SSSR count). The zero-order chi connectivity index (χ0) is 14.4. The van der Waals surface area contributed by atoms with Crippen LogP contribution in [0.25, 0.3) is 0 Å². The maximum Gasteiger partial charge on any atom is 0.112 e. The van der Waals surface area contributed by atoms with Gasteiger partial charge in [0.2, 0.25) is 0 Å².